The smallest absolute Gasteiger partial charge is 0.410 e. The molecule has 1 heterocycles. The molecular formula is C21H34N2O5. The van der Waals surface area contributed by atoms with Crippen LogP contribution in [0.2, 0.25) is 0 Å². The van der Waals surface area contributed by atoms with Crippen LogP contribution < -0.4 is 14.8 Å². The molecule has 1 aliphatic rings. The van der Waals surface area contributed by atoms with Gasteiger partial charge in [-0.05, 0) is 45.6 Å². The van der Waals surface area contributed by atoms with E-state index < -0.39 is 11.7 Å². The van der Waals surface area contributed by atoms with Crippen LogP contribution in [0.15, 0.2) is 18.2 Å². The predicted molar refractivity (Wildman–Crippen MR) is 108 cm³/mol. The molecule has 1 saturated heterocycles. The van der Waals surface area contributed by atoms with Crippen molar-refractivity contribution >= 4 is 6.09 Å². The quantitative estimate of drug-likeness (QED) is 0.740. The van der Waals surface area contributed by atoms with Gasteiger partial charge in [0.15, 0.2) is 0 Å². The van der Waals surface area contributed by atoms with Gasteiger partial charge in [-0.3, -0.25) is 0 Å². The molecule has 1 amide bonds. The van der Waals surface area contributed by atoms with Gasteiger partial charge in [0.2, 0.25) is 0 Å². The minimum atomic E-state index is -0.486. The summed E-state index contributed by atoms with van der Waals surface area (Å²) >= 11 is 0. The van der Waals surface area contributed by atoms with Gasteiger partial charge in [0.25, 0.3) is 0 Å². The largest absolute Gasteiger partial charge is 0.497 e. The van der Waals surface area contributed by atoms with E-state index in [1.165, 1.54) is 0 Å². The number of carbonyl (C=O) groups excluding carboxylic acids is 1. The fourth-order valence-electron chi connectivity index (χ4n) is 3.31. The Balaban J connectivity index is 1.76. The third-order valence-electron chi connectivity index (χ3n) is 4.90. The van der Waals surface area contributed by atoms with Crippen LogP contribution >= 0.6 is 0 Å². The molecule has 0 aromatic heterocycles. The van der Waals surface area contributed by atoms with Crippen molar-refractivity contribution in [3.63, 3.8) is 0 Å². The highest BCUT2D eigenvalue weighted by molar-refractivity contribution is 5.68. The molecule has 0 bridgehead atoms. The van der Waals surface area contributed by atoms with Crippen LogP contribution in [-0.4, -0.2) is 61.7 Å². The van der Waals surface area contributed by atoms with E-state index in [2.05, 4.69) is 5.32 Å². The van der Waals surface area contributed by atoms with E-state index in [4.69, 9.17) is 14.2 Å². The molecular weight excluding hydrogens is 360 g/mol. The summed E-state index contributed by atoms with van der Waals surface area (Å²) in [6.45, 7) is 7.92. The number of amides is 1. The summed E-state index contributed by atoms with van der Waals surface area (Å²) in [5, 5.41) is 13.8. The Hall–Kier alpha value is -1.99. The van der Waals surface area contributed by atoms with Crippen molar-refractivity contribution in [1.82, 2.24) is 10.2 Å². The Morgan fingerprint density at radius 1 is 1.25 bits per heavy atom. The summed E-state index contributed by atoms with van der Waals surface area (Å²) in [5.41, 5.74) is 0.523. The first kappa shape index (κ1) is 22.3. The first-order valence-corrected chi connectivity index (χ1v) is 9.81. The number of aliphatic hydroxyl groups excluding tert-OH is 1. The van der Waals surface area contributed by atoms with E-state index in [1.807, 2.05) is 39.0 Å². The summed E-state index contributed by atoms with van der Waals surface area (Å²) in [7, 11) is 3.25. The maximum absolute atomic E-state index is 12.1. The molecule has 158 valence electrons. The van der Waals surface area contributed by atoms with Gasteiger partial charge in [-0.1, -0.05) is 6.07 Å². The molecule has 0 saturated carbocycles. The van der Waals surface area contributed by atoms with Crippen LogP contribution in [0, 0.1) is 5.92 Å². The zero-order chi connectivity index (χ0) is 20.7. The zero-order valence-corrected chi connectivity index (χ0v) is 17.7. The van der Waals surface area contributed by atoms with Crippen molar-refractivity contribution in [1.29, 1.82) is 0 Å². The molecule has 1 fully saturated rings. The van der Waals surface area contributed by atoms with Gasteiger partial charge in [0, 0.05) is 37.8 Å². The van der Waals surface area contributed by atoms with Crippen molar-refractivity contribution in [3.8, 4) is 11.5 Å². The Labute approximate surface area is 168 Å². The highest BCUT2D eigenvalue weighted by Gasteiger charge is 2.29. The number of piperidine rings is 1. The molecule has 7 heteroatoms. The number of hydrogen-bond donors (Lipinski definition) is 2. The summed E-state index contributed by atoms with van der Waals surface area (Å²) in [6.07, 6.45) is 0.817. The molecule has 1 aromatic rings. The fraction of sp³-hybridized carbons (Fsp3) is 0.667. The average molecular weight is 395 g/mol. The van der Waals surface area contributed by atoms with Gasteiger partial charge < -0.3 is 29.5 Å². The third-order valence-corrected chi connectivity index (χ3v) is 4.90. The van der Waals surface area contributed by atoms with Crippen LogP contribution in [0.1, 0.15) is 39.2 Å². The summed E-state index contributed by atoms with van der Waals surface area (Å²) in [5.74, 6) is 1.67. The standard InChI is InChI=1S/C21H34N2O5/c1-21(2,3)28-20(25)23-10-8-15(9-11-23)18(24)14-22-13-16-6-7-17(26-4)12-19(16)27-5/h6-7,12,15,18,22,24H,8-11,13-14H2,1-5H3. The Kier molecular flexibility index (Phi) is 7.95. The number of nitrogens with zero attached hydrogens (tertiary/aromatic N) is 1. The van der Waals surface area contributed by atoms with Crippen LogP contribution in [0.4, 0.5) is 4.79 Å². The lowest BCUT2D eigenvalue weighted by atomic mass is 9.91. The van der Waals surface area contributed by atoms with Crippen LogP contribution in [0.25, 0.3) is 0 Å². The molecule has 7 nitrogen and oxygen atoms in total. The van der Waals surface area contributed by atoms with Crippen molar-refractivity contribution in [2.24, 2.45) is 5.92 Å². The fourth-order valence-corrected chi connectivity index (χ4v) is 3.31. The maximum Gasteiger partial charge on any atom is 0.410 e. The summed E-state index contributed by atoms with van der Waals surface area (Å²) in [6, 6.07) is 5.69. The van der Waals surface area contributed by atoms with Gasteiger partial charge in [-0.15, -0.1) is 0 Å². The number of methoxy groups -OCH3 is 2. The second-order valence-corrected chi connectivity index (χ2v) is 8.18. The number of nitrogens with one attached hydrogen (secondary N) is 1. The number of carbonyl (C=O) groups is 1. The van der Waals surface area contributed by atoms with Crippen LogP contribution in [-0.2, 0) is 11.3 Å². The molecule has 2 rings (SSSR count). The number of hydrogen-bond acceptors (Lipinski definition) is 6. The topological polar surface area (TPSA) is 80.3 Å². The highest BCUT2D eigenvalue weighted by atomic mass is 16.6. The van der Waals surface area contributed by atoms with Gasteiger partial charge in [-0.2, -0.15) is 0 Å². The molecule has 0 aliphatic carbocycles. The van der Waals surface area contributed by atoms with Crippen molar-refractivity contribution in [2.75, 3.05) is 33.9 Å². The van der Waals surface area contributed by atoms with Crippen LogP contribution in [0.3, 0.4) is 0 Å². The number of aliphatic hydroxyl groups is 1. The molecule has 28 heavy (non-hydrogen) atoms. The summed E-state index contributed by atoms with van der Waals surface area (Å²) < 4.78 is 16.0. The average Bonchev–Trinajstić information content (AvgIpc) is 2.66. The Bertz CT molecular complexity index is 636. The molecule has 0 radical (unpaired) electrons. The molecule has 1 aliphatic heterocycles. The van der Waals surface area contributed by atoms with Crippen LogP contribution in [0.5, 0.6) is 11.5 Å². The van der Waals surface area contributed by atoms with Gasteiger partial charge in [0.05, 0.1) is 20.3 Å². The van der Waals surface area contributed by atoms with Crippen molar-refractivity contribution < 1.29 is 24.1 Å². The van der Waals surface area contributed by atoms with E-state index in [0.29, 0.717) is 26.2 Å². The Morgan fingerprint density at radius 2 is 1.93 bits per heavy atom. The minimum absolute atomic E-state index is 0.170. The summed E-state index contributed by atoms with van der Waals surface area (Å²) in [4.78, 5) is 13.9. The SMILES string of the molecule is COc1ccc(CNCC(O)C2CCN(C(=O)OC(C)(C)C)CC2)c(OC)c1. The van der Waals surface area contributed by atoms with E-state index in [9.17, 15) is 9.90 Å². The lowest BCUT2D eigenvalue weighted by molar-refractivity contribution is 0.00805. The number of likely N-dealkylation sites (tertiary alicyclic amines) is 1. The second kappa shape index (κ2) is 9.98. The van der Waals surface area contributed by atoms with E-state index in [-0.39, 0.29) is 12.0 Å². The lowest BCUT2D eigenvalue weighted by Gasteiger charge is -2.35. The third kappa shape index (κ3) is 6.56. The normalized spacial score (nSPS) is 16.6. The molecule has 0 spiro atoms. The second-order valence-electron chi connectivity index (χ2n) is 8.18. The number of benzene rings is 1. The van der Waals surface area contributed by atoms with Crippen molar-refractivity contribution in [2.45, 2.75) is 51.9 Å². The van der Waals surface area contributed by atoms with Crippen molar-refractivity contribution in [3.05, 3.63) is 23.8 Å². The molecule has 1 unspecified atom stereocenters. The highest BCUT2D eigenvalue weighted by Crippen LogP contribution is 2.25. The first-order valence-electron chi connectivity index (χ1n) is 9.81. The minimum Gasteiger partial charge on any atom is -0.497 e. The number of ether oxygens (including phenoxy) is 3. The monoisotopic (exact) mass is 394 g/mol. The van der Waals surface area contributed by atoms with Gasteiger partial charge in [-0.25, -0.2) is 4.79 Å². The molecule has 2 N–H and O–H groups in total. The predicted octanol–water partition coefficient (Wildman–Crippen LogP) is 2.80. The first-order chi connectivity index (χ1) is 13.2. The van der Waals surface area contributed by atoms with Gasteiger partial charge >= 0.3 is 6.09 Å². The molecule has 1 atom stereocenters. The van der Waals surface area contributed by atoms with E-state index >= 15 is 0 Å². The zero-order valence-electron chi connectivity index (χ0n) is 17.7. The van der Waals surface area contributed by atoms with E-state index in [0.717, 1.165) is 29.9 Å². The molecule has 1 aromatic carbocycles. The maximum atomic E-state index is 12.1. The van der Waals surface area contributed by atoms with E-state index in [1.54, 1.807) is 19.1 Å². The Morgan fingerprint density at radius 3 is 2.50 bits per heavy atom. The lowest BCUT2D eigenvalue weighted by Crippen LogP contribution is -2.45. The number of rotatable bonds is 7. The van der Waals surface area contributed by atoms with Gasteiger partial charge in [0.1, 0.15) is 17.1 Å².